The molecule has 0 aromatic heterocycles. The summed E-state index contributed by atoms with van der Waals surface area (Å²) in [6.07, 6.45) is 1.26. The summed E-state index contributed by atoms with van der Waals surface area (Å²) < 4.78 is 15.5. The molecular weight excluding hydrogens is 234 g/mol. The Balaban J connectivity index is 3.54. The monoisotopic (exact) mass is 261 g/mol. The van der Waals surface area contributed by atoms with E-state index in [1.54, 1.807) is 6.92 Å². The van der Waals surface area contributed by atoms with Crippen LogP contribution in [0, 0.1) is 0 Å². The van der Waals surface area contributed by atoms with Gasteiger partial charge in [-0.05, 0) is 40.5 Å². The summed E-state index contributed by atoms with van der Waals surface area (Å²) in [5.74, 6) is -0.390. The van der Waals surface area contributed by atoms with Crippen molar-refractivity contribution in [2.45, 2.75) is 51.7 Å². The lowest BCUT2D eigenvalue weighted by molar-refractivity contribution is -0.146. The molecule has 0 amide bonds. The first-order valence-corrected chi connectivity index (χ1v) is 6.28. The van der Waals surface area contributed by atoms with Crippen LogP contribution in [0.2, 0.25) is 0 Å². The molecule has 0 bridgehead atoms. The Morgan fingerprint density at radius 1 is 1.11 bits per heavy atom. The van der Waals surface area contributed by atoms with Crippen molar-refractivity contribution in [1.29, 1.82) is 0 Å². The number of carbonyl (C=O) groups is 1. The minimum absolute atomic E-state index is 0.135. The van der Waals surface area contributed by atoms with Crippen molar-refractivity contribution in [2.75, 3.05) is 26.9 Å². The molecule has 108 valence electrons. The van der Waals surface area contributed by atoms with E-state index < -0.39 is 11.5 Å². The maximum absolute atomic E-state index is 11.3. The molecule has 5 heteroatoms. The van der Waals surface area contributed by atoms with Gasteiger partial charge in [0.25, 0.3) is 0 Å². The van der Waals surface area contributed by atoms with E-state index in [-0.39, 0.29) is 5.60 Å². The number of nitrogens with two attached hydrogens (primary N) is 1. The number of carbonyl (C=O) groups excluding carboxylic acids is 1. The van der Waals surface area contributed by atoms with Crippen molar-refractivity contribution < 1.29 is 19.0 Å². The van der Waals surface area contributed by atoms with Gasteiger partial charge in [0.15, 0.2) is 0 Å². The molecule has 0 aromatic carbocycles. The highest BCUT2D eigenvalue weighted by molar-refractivity contribution is 5.79. The molecule has 0 aliphatic rings. The lowest BCUT2D eigenvalue weighted by Crippen LogP contribution is -2.45. The molecule has 1 unspecified atom stereocenters. The van der Waals surface area contributed by atoms with Crippen LogP contribution in [0.3, 0.4) is 0 Å². The third-order valence-corrected chi connectivity index (χ3v) is 2.40. The molecule has 2 N–H and O–H groups in total. The zero-order valence-corrected chi connectivity index (χ0v) is 12.2. The summed E-state index contributed by atoms with van der Waals surface area (Å²) in [5, 5.41) is 0. The van der Waals surface area contributed by atoms with E-state index in [4.69, 9.17) is 15.2 Å². The highest BCUT2D eigenvalue weighted by Crippen LogP contribution is 2.11. The Kier molecular flexibility index (Phi) is 7.43. The first-order valence-electron chi connectivity index (χ1n) is 6.28. The molecule has 18 heavy (non-hydrogen) atoms. The van der Waals surface area contributed by atoms with Crippen LogP contribution < -0.4 is 5.73 Å². The molecule has 1 atom stereocenters. The Hall–Kier alpha value is -0.650. The number of hydrogen-bond donors (Lipinski definition) is 1. The lowest BCUT2D eigenvalue weighted by Gasteiger charge is -2.21. The smallest absolute Gasteiger partial charge is 0.325 e. The molecule has 0 aromatic rings. The third kappa shape index (κ3) is 8.44. The molecule has 0 aliphatic heterocycles. The number of ether oxygens (including phenoxy) is 3. The van der Waals surface area contributed by atoms with Crippen LogP contribution in [-0.4, -0.2) is 44.0 Å². The fourth-order valence-electron chi connectivity index (χ4n) is 1.39. The maximum Gasteiger partial charge on any atom is 0.325 e. The fourth-order valence-corrected chi connectivity index (χ4v) is 1.39. The summed E-state index contributed by atoms with van der Waals surface area (Å²) in [6, 6.07) is 0. The first kappa shape index (κ1) is 17.4. The van der Waals surface area contributed by atoms with E-state index in [1.807, 2.05) is 20.8 Å². The zero-order valence-electron chi connectivity index (χ0n) is 12.2. The Morgan fingerprint density at radius 2 is 1.72 bits per heavy atom. The van der Waals surface area contributed by atoms with Gasteiger partial charge in [-0.3, -0.25) is 4.79 Å². The second-order valence-electron chi connectivity index (χ2n) is 5.59. The largest absolute Gasteiger partial charge is 0.468 e. The van der Waals surface area contributed by atoms with Gasteiger partial charge in [0.1, 0.15) is 5.54 Å². The molecule has 0 fully saturated rings. The quantitative estimate of drug-likeness (QED) is 0.529. The molecule has 0 rings (SSSR count). The van der Waals surface area contributed by atoms with E-state index in [0.717, 1.165) is 6.42 Å². The van der Waals surface area contributed by atoms with Gasteiger partial charge in [-0.25, -0.2) is 0 Å². The number of methoxy groups -OCH3 is 1. The fraction of sp³-hybridized carbons (Fsp3) is 0.923. The highest BCUT2D eigenvalue weighted by Gasteiger charge is 2.28. The van der Waals surface area contributed by atoms with E-state index in [2.05, 4.69) is 4.74 Å². The molecule has 0 spiro atoms. The molecule has 0 aliphatic carbocycles. The molecule has 0 heterocycles. The van der Waals surface area contributed by atoms with Gasteiger partial charge in [0.2, 0.25) is 0 Å². The van der Waals surface area contributed by atoms with Crippen molar-refractivity contribution in [3.05, 3.63) is 0 Å². The minimum atomic E-state index is -0.931. The van der Waals surface area contributed by atoms with Crippen molar-refractivity contribution in [3.8, 4) is 0 Å². The summed E-state index contributed by atoms with van der Waals surface area (Å²) in [6.45, 7) is 9.37. The van der Waals surface area contributed by atoms with E-state index in [1.165, 1.54) is 7.11 Å². The molecular formula is C13H27NO4. The summed E-state index contributed by atoms with van der Waals surface area (Å²) in [4.78, 5) is 11.3. The minimum Gasteiger partial charge on any atom is -0.468 e. The highest BCUT2D eigenvalue weighted by atomic mass is 16.5. The maximum atomic E-state index is 11.3. The molecule has 0 radical (unpaired) electrons. The van der Waals surface area contributed by atoms with E-state index in [9.17, 15) is 4.79 Å². The van der Waals surface area contributed by atoms with Crippen LogP contribution in [0.25, 0.3) is 0 Å². The van der Waals surface area contributed by atoms with Crippen molar-refractivity contribution in [2.24, 2.45) is 5.73 Å². The summed E-state index contributed by atoms with van der Waals surface area (Å²) in [5.41, 5.74) is 4.75. The van der Waals surface area contributed by atoms with Crippen LogP contribution in [-0.2, 0) is 19.0 Å². The van der Waals surface area contributed by atoms with Gasteiger partial charge in [-0.15, -0.1) is 0 Å². The summed E-state index contributed by atoms with van der Waals surface area (Å²) >= 11 is 0. The van der Waals surface area contributed by atoms with Gasteiger partial charge >= 0.3 is 5.97 Å². The second kappa shape index (κ2) is 7.71. The van der Waals surface area contributed by atoms with Gasteiger partial charge in [-0.1, -0.05) is 0 Å². The first-order chi connectivity index (χ1) is 8.19. The Labute approximate surface area is 110 Å². The summed E-state index contributed by atoms with van der Waals surface area (Å²) in [7, 11) is 1.34. The van der Waals surface area contributed by atoms with Crippen molar-refractivity contribution >= 4 is 5.97 Å². The standard InChI is InChI=1S/C13H27NO4/c1-12(2,3)18-10-9-17-8-6-7-13(4,14)11(15)16-5/h6-10,14H2,1-5H3. The predicted molar refractivity (Wildman–Crippen MR) is 70.4 cm³/mol. The topological polar surface area (TPSA) is 70.8 Å². The second-order valence-corrected chi connectivity index (χ2v) is 5.59. The molecule has 0 saturated heterocycles. The number of rotatable bonds is 8. The van der Waals surface area contributed by atoms with Crippen molar-refractivity contribution in [3.63, 3.8) is 0 Å². The van der Waals surface area contributed by atoms with Gasteiger partial charge < -0.3 is 19.9 Å². The van der Waals surface area contributed by atoms with Gasteiger partial charge in [-0.2, -0.15) is 0 Å². The van der Waals surface area contributed by atoms with Gasteiger partial charge in [0.05, 0.1) is 25.9 Å². The van der Waals surface area contributed by atoms with Crippen LogP contribution in [0.5, 0.6) is 0 Å². The Morgan fingerprint density at radius 3 is 2.22 bits per heavy atom. The van der Waals surface area contributed by atoms with Gasteiger partial charge in [0, 0.05) is 6.61 Å². The average molecular weight is 261 g/mol. The Bertz CT molecular complexity index is 246. The van der Waals surface area contributed by atoms with Crippen LogP contribution in [0.15, 0.2) is 0 Å². The van der Waals surface area contributed by atoms with Crippen LogP contribution >= 0.6 is 0 Å². The third-order valence-electron chi connectivity index (χ3n) is 2.40. The average Bonchev–Trinajstić information content (AvgIpc) is 2.25. The molecule has 0 saturated carbocycles. The van der Waals surface area contributed by atoms with Crippen molar-refractivity contribution in [1.82, 2.24) is 0 Å². The van der Waals surface area contributed by atoms with E-state index >= 15 is 0 Å². The molecule has 5 nitrogen and oxygen atoms in total. The lowest BCUT2D eigenvalue weighted by atomic mass is 9.98. The predicted octanol–water partition coefficient (Wildman–Crippen LogP) is 1.49. The number of esters is 1. The van der Waals surface area contributed by atoms with Crippen LogP contribution in [0.4, 0.5) is 0 Å². The van der Waals surface area contributed by atoms with E-state index in [0.29, 0.717) is 26.2 Å². The number of hydrogen-bond acceptors (Lipinski definition) is 5. The normalized spacial score (nSPS) is 15.2. The SMILES string of the molecule is COC(=O)C(C)(N)CCCOCCOC(C)(C)C. The van der Waals surface area contributed by atoms with Crippen LogP contribution in [0.1, 0.15) is 40.5 Å². The zero-order chi connectivity index (χ0) is 14.2.